The number of fused-ring (bicyclic) bond motifs is 2. The number of halogens is 1. The molecular weight excluding hydrogens is 302 g/mol. The van der Waals surface area contributed by atoms with Crippen molar-refractivity contribution in [3.8, 4) is 0 Å². The first-order valence-electron chi connectivity index (χ1n) is 5.46. The summed E-state index contributed by atoms with van der Waals surface area (Å²) < 4.78 is 6.26. The van der Waals surface area contributed by atoms with Crippen molar-refractivity contribution in [3.05, 3.63) is 6.33 Å². The Morgan fingerprint density at radius 1 is 1.61 bits per heavy atom. The first-order chi connectivity index (χ1) is 8.55. The molecule has 2 N–H and O–H groups in total. The summed E-state index contributed by atoms with van der Waals surface area (Å²) in [5.74, 6) is 0.709. The van der Waals surface area contributed by atoms with Crippen molar-refractivity contribution in [2.75, 3.05) is 12.3 Å². The quantitative estimate of drug-likeness (QED) is 0.475. The van der Waals surface area contributed by atoms with E-state index in [0.717, 1.165) is 13.0 Å². The number of hydrogen-bond donors (Lipinski definition) is 1. The maximum Gasteiger partial charge on any atom is 0.307 e. The molecule has 2 unspecified atom stereocenters. The van der Waals surface area contributed by atoms with Crippen LogP contribution in [0.2, 0.25) is 0 Å². The van der Waals surface area contributed by atoms with E-state index in [0.29, 0.717) is 26.6 Å². The van der Waals surface area contributed by atoms with Crippen molar-refractivity contribution in [3.63, 3.8) is 0 Å². The molecule has 1 spiro atoms. The molecule has 2 aliphatic heterocycles. The van der Waals surface area contributed by atoms with Gasteiger partial charge < -0.3 is 10.5 Å². The fourth-order valence-electron chi connectivity index (χ4n) is 2.34. The molecule has 8 heteroatoms. The Bertz CT molecular complexity index is 575. The van der Waals surface area contributed by atoms with Gasteiger partial charge in [0.15, 0.2) is 11.5 Å². The van der Waals surface area contributed by atoms with Gasteiger partial charge in [0.2, 0.25) is 0 Å². The highest BCUT2D eigenvalue weighted by molar-refractivity contribution is 9.18. The van der Waals surface area contributed by atoms with Gasteiger partial charge in [0.25, 0.3) is 16.8 Å². The summed E-state index contributed by atoms with van der Waals surface area (Å²) in [5.41, 5.74) is 6.34. The number of carbonyl (C=O) groups is 1. The zero-order valence-electron chi connectivity index (χ0n) is 9.63. The van der Waals surface area contributed by atoms with E-state index >= 15 is 0 Å². The SMILES string of the molecule is CC(=O)OC1CC[N+]12C(Br)=Nc1c(N)ncnc12. The van der Waals surface area contributed by atoms with E-state index in [-0.39, 0.29) is 12.2 Å². The second kappa shape index (κ2) is 3.72. The van der Waals surface area contributed by atoms with Crippen molar-refractivity contribution >= 4 is 44.0 Å². The predicted molar refractivity (Wildman–Crippen MR) is 69.3 cm³/mol. The summed E-state index contributed by atoms with van der Waals surface area (Å²) in [4.78, 5) is 23.6. The van der Waals surface area contributed by atoms with E-state index in [1.54, 1.807) is 0 Å². The van der Waals surface area contributed by atoms with Gasteiger partial charge in [-0.3, -0.25) is 4.79 Å². The van der Waals surface area contributed by atoms with Crippen LogP contribution in [-0.2, 0) is 9.53 Å². The molecule has 1 aromatic rings. The number of nitrogens with zero attached hydrogens (tertiary/aromatic N) is 4. The summed E-state index contributed by atoms with van der Waals surface area (Å²) in [6, 6.07) is 0. The molecular formula is C10H11BrN5O2+. The van der Waals surface area contributed by atoms with Crippen LogP contribution in [0.4, 0.5) is 17.3 Å². The second-order valence-corrected chi connectivity index (χ2v) is 4.97. The van der Waals surface area contributed by atoms with Gasteiger partial charge in [-0.05, 0) is 0 Å². The van der Waals surface area contributed by atoms with Crippen molar-refractivity contribution in [2.45, 2.75) is 19.6 Å². The lowest BCUT2D eigenvalue weighted by Gasteiger charge is -2.45. The molecule has 1 saturated heterocycles. The molecule has 0 bridgehead atoms. The number of ether oxygens (including phenoxy) is 1. The summed E-state index contributed by atoms with van der Waals surface area (Å²) in [5, 5.41) is 0. The largest absolute Gasteiger partial charge is 0.411 e. The number of aliphatic imine (C=N–C) groups is 1. The van der Waals surface area contributed by atoms with E-state index in [1.165, 1.54) is 13.3 Å². The van der Waals surface area contributed by atoms with E-state index in [4.69, 9.17) is 10.5 Å². The van der Waals surface area contributed by atoms with Crippen LogP contribution in [-0.4, -0.2) is 33.5 Å². The number of quaternary nitrogens is 1. The third-order valence-electron chi connectivity index (χ3n) is 3.26. The number of nitrogens with two attached hydrogens (primary N) is 1. The minimum absolute atomic E-state index is 0.293. The average Bonchev–Trinajstić information content (AvgIpc) is 2.60. The van der Waals surface area contributed by atoms with Crippen LogP contribution in [0.5, 0.6) is 0 Å². The molecule has 0 radical (unpaired) electrons. The number of hydrogen-bond acceptors (Lipinski definition) is 6. The molecule has 0 aromatic carbocycles. The van der Waals surface area contributed by atoms with E-state index < -0.39 is 0 Å². The number of nitrogen functional groups attached to an aromatic ring is 1. The van der Waals surface area contributed by atoms with E-state index in [1.807, 2.05) is 0 Å². The monoisotopic (exact) mass is 312 g/mol. The average molecular weight is 313 g/mol. The fourth-order valence-corrected chi connectivity index (χ4v) is 3.09. The topological polar surface area (TPSA) is 90.5 Å². The van der Waals surface area contributed by atoms with Crippen LogP contribution in [0, 0.1) is 0 Å². The number of amidine groups is 1. The highest BCUT2D eigenvalue weighted by Gasteiger charge is 2.59. The minimum Gasteiger partial charge on any atom is -0.411 e. The number of carbonyl (C=O) groups excluding carboxylic acids is 1. The smallest absolute Gasteiger partial charge is 0.307 e. The highest BCUT2D eigenvalue weighted by atomic mass is 79.9. The van der Waals surface area contributed by atoms with Gasteiger partial charge in [-0.25, -0.2) is 4.98 Å². The molecule has 3 heterocycles. The number of esters is 1. The molecule has 2 aliphatic rings. The van der Waals surface area contributed by atoms with Gasteiger partial charge in [-0.1, -0.05) is 0 Å². The Balaban J connectivity index is 2.08. The van der Waals surface area contributed by atoms with Crippen molar-refractivity contribution in [1.82, 2.24) is 14.5 Å². The van der Waals surface area contributed by atoms with Crippen LogP contribution in [0.1, 0.15) is 13.3 Å². The van der Waals surface area contributed by atoms with Crippen LogP contribution in [0.3, 0.4) is 0 Å². The number of anilines is 1. The van der Waals surface area contributed by atoms with E-state index in [9.17, 15) is 4.79 Å². The maximum atomic E-state index is 11.1. The Hall–Kier alpha value is -1.54. The lowest BCUT2D eigenvalue weighted by molar-refractivity contribution is -0.160. The molecule has 94 valence electrons. The van der Waals surface area contributed by atoms with E-state index in [2.05, 4.69) is 30.9 Å². The van der Waals surface area contributed by atoms with Crippen LogP contribution in [0.25, 0.3) is 0 Å². The third kappa shape index (κ3) is 1.33. The van der Waals surface area contributed by atoms with Crippen molar-refractivity contribution in [2.24, 2.45) is 4.99 Å². The fraction of sp³-hybridized carbons (Fsp3) is 0.400. The van der Waals surface area contributed by atoms with Gasteiger partial charge in [0, 0.05) is 22.9 Å². The minimum atomic E-state index is -0.312. The summed E-state index contributed by atoms with van der Waals surface area (Å²) in [7, 11) is 0. The van der Waals surface area contributed by atoms with Gasteiger partial charge in [0.05, 0.1) is 6.42 Å². The molecule has 3 rings (SSSR count). The summed E-state index contributed by atoms with van der Waals surface area (Å²) >= 11 is 3.43. The van der Waals surface area contributed by atoms with Crippen LogP contribution >= 0.6 is 15.9 Å². The molecule has 0 amide bonds. The zero-order valence-corrected chi connectivity index (χ0v) is 11.2. The summed E-state index contributed by atoms with van der Waals surface area (Å²) in [6.45, 7) is 2.16. The van der Waals surface area contributed by atoms with Crippen molar-refractivity contribution in [1.29, 1.82) is 0 Å². The first-order valence-corrected chi connectivity index (χ1v) is 6.26. The third-order valence-corrected chi connectivity index (χ3v) is 4.08. The first kappa shape index (κ1) is 11.5. The van der Waals surface area contributed by atoms with Gasteiger partial charge in [-0.15, -0.1) is 0 Å². The second-order valence-electron chi connectivity index (χ2n) is 4.26. The highest BCUT2D eigenvalue weighted by Crippen LogP contribution is 2.49. The Morgan fingerprint density at radius 2 is 2.39 bits per heavy atom. The lowest BCUT2D eigenvalue weighted by atomic mass is 10.1. The molecule has 1 fully saturated rings. The van der Waals surface area contributed by atoms with Gasteiger partial charge in [0.1, 0.15) is 12.9 Å². The molecule has 7 nitrogen and oxygen atoms in total. The molecule has 18 heavy (non-hydrogen) atoms. The predicted octanol–water partition coefficient (Wildman–Crippen LogP) is 1.05. The van der Waals surface area contributed by atoms with Crippen LogP contribution in [0.15, 0.2) is 11.3 Å². The Morgan fingerprint density at radius 3 is 3.00 bits per heavy atom. The number of aromatic nitrogens is 2. The Kier molecular flexibility index (Phi) is 2.39. The molecule has 0 aliphatic carbocycles. The molecule has 0 saturated carbocycles. The standard InChI is InChI=1S/C10H11BrN5O2/c1-5(17)18-6-2-3-16(6)9-7(15-10(16)11)8(12)13-4-14-9/h4,6H,2-3H2,1H3,(H2,12,13,14)/q+1. The van der Waals surface area contributed by atoms with Crippen molar-refractivity contribution < 1.29 is 9.53 Å². The maximum absolute atomic E-state index is 11.1. The Labute approximate surface area is 111 Å². The lowest BCUT2D eigenvalue weighted by Crippen LogP contribution is -2.68. The van der Waals surface area contributed by atoms with Gasteiger partial charge >= 0.3 is 5.97 Å². The van der Waals surface area contributed by atoms with Crippen LogP contribution < -0.4 is 10.2 Å². The number of rotatable bonds is 1. The molecule has 1 aromatic heterocycles. The van der Waals surface area contributed by atoms with Gasteiger partial charge in [-0.2, -0.15) is 14.5 Å². The summed E-state index contributed by atoms with van der Waals surface area (Å²) in [6.07, 6.45) is 1.88. The molecule has 2 atom stereocenters. The zero-order chi connectivity index (χ0) is 12.9. The normalized spacial score (nSPS) is 28.6.